The summed E-state index contributed by atoms with van der Waals surface area (Å²) in [6.45, 7) is 0.945. The molecule has 0 unspecified atom stereocenters. The van der Waals surface area contributed by atoms with Gasteiger partial charge in [-0.25, -0.2) is 0 Å². The van der Waals surface area contributed by atoms with Gasteiger partial charge in [-0.3, -0.25) is 9.59 Å². The van der Waals surface area contributed by atoms with Crippen LogP contribution in [0.5, 0.6) is 0 Å². The normalized spacial score (nSPS) is 10.3. The number of carbonyl (C=O) groups excluding carboxylic acids is 2. The molecule has 0 spiro atoms. The van der Waals surface area contributed by atoms with Crippen LogP contribution in [0.2, 0.25) is 10.0 Å². The van der Waals surface area contributed by atoms with Gasteiger partial charge < -0.3 is 20.7 Å². The van der Waals surface area contributed by atoms with Gasteiger partial charge in [-0.15, -0.1) is 0 Å². The Hall–Kier alpha value is -2.28. The van der Waals surface area contributed by atoms with Crippen LogP contribution < -0.4 is 16.0 Å². The third-order valence-electron chi connectivity index (χ3n) is 3.42. The van der Waals surface area contributed by atoms with E-state index in [2.05, 4.69) is 16.0 Å². The minimum Gasteiger partial charge on any atom is -0.383 e. The smallest absolute Gasteiger partial charge is 0.251 e. The van der Waals surface area contributed by atoms with E-state index in [1.54, 1.807) is 49.6 Å². The largest absolute Gasteiger partial charge is 0.383 e. The van der Waals surface area contributed by atoms with Gasteiger partial charge >= 0.3 is 0 Å². The van der Waals surface area contributed by atoms with Crippen molar-refractivity contribution in [3.05, 3.63) is 58.1 Å². The quantitative estimate of drug-likeness (QED) is 0.598. The number of ether oxygens (including phenoxy) is 1. The van der Waals surface area contributed by atoms with Crippen LogP contribution in [0.3, 0.4) is 0 Å². The summed E-state index contributed by atoms with van der Waals surface area (Å²) in [6.07, 6.45) is 0. The van der Waals surface area contributed by atoms with Crippen LogP contribution >= 0.6 is 23.2 Å². The first-order valence-corrected chi connectivity index (χ1v) is 8.62. The lowest BCUT2D eigenvalue weighted by Crippen LogP contribution is -2.26. The van der Waals surface area contributed by atoms with Gasteiger partial charge in [0.15, 0.2) is 0 Å². The lowest BCUT2D eigenvalue weighted by atomic mass is 10.2. The molecule has 2 aromatic carbocycles. The van der Waals surface area contributed by atoms with Gasteiger partial charge in [-0.05, 0) is 36.4 Å². The van der Waals surface area contributed by atoms with Crippen LogP contribution in [0.25, 0.3) is 0 Å². The van der Waals surface area contributed by atoms with Crippen molar-refractivity contribution in [2.45, 2.75) is 0 Å². The zero-order valence-electron chi connectivity index (χ0n) is 14.1. The molecule has 2 aromatic rings. The Kier molecular flexibility index (Phi) is 7.72. The molecule has 0 heterocycles. The molecule has 0 saturated carbocycles. The van der Waals surface area contributed by atoms with Crippen LogP contribution in [-0.2, 0) is 9.53 Å². The van der Waals surface area contributed by atoms with Crippen molar-refractivity contribution in [2.75, 3.05) is 37.4 Å². The van der Waals surface area contributed by atoms with Gasteiger partial charge in [-0.1, -0.05) is 29.3 Å². The van der Waals surface area contributed by atoms with Crippen LogP contribution in [0, 0.1) is 0 Å². The summed E-state index contributed by atoms with van der Waals surface area (Å²) in [7, 11) is 1.57. The Labute approximate surface area is 161 Å². The molecule has 2 rings (SSSR count). The fourth-order valence-corrected chi connectivity index (χ4v) is 2.43. The van der Waals surface area contributed by atoms with Crippen molar-refractivity contribution in [3.63, 3.8) is 0 Å². The third-order valence-corrected chi connectivity index (χ3v) is 4.24. The molecular weight excluding hydrogens is 377 g/mol. The first-order chi connectivity index (χ1) is 12.5. The SMILES string of the molecule is COCCNC(=O)c1ccc(NCC(=O)Nc2cccc(Cl)c2Cl)cc1. The maximum atomic E-state index is 12.0. The Morgan fingerprint density at radius 1 is 1.08 bits per heavy atom. The van der Waals surface area contributed by atoms with Crippen molar-refractivity contribution in [2.24, 2.45) is 0 Å². The second-order valence-electron chi connectivity index (χ2n) is 5.33. The van der Waals surface area contributed by atoms with E-state index in [4.69, 9.17) is 27.9 Å². The predicted octanol–water partition coefficient (Wildman–Crippen LogP) is 3.42. The van der Waals surface area contributed by atoms with Crippen molar-refractivity contribution in [3.8, 4) is 0 Å². The molecule has 0 aromatic heterocycles. The predicted molar refractivity (Wildman–Crippen MR) is 104 cm³/mol. The molecule has 0 aliphatic rings. The van der Waals surface area contributed by atoms with Crippen LogP contribution in [0.15, 0.2) is 42.5 Å². The van der Waals surface area contributed by atoms with E-state index in [0.29, 0.717) is 40.1 Å². The van der Waals surface area contributed by atoms with Gasteiger partial charge in [0.05, 0.1) is 28.9 Å². The fourth-order valence-electron chi connectivity index (χ4n) is 2.09. The van der Waals surface area contributed by atoms with Crippen LogP contribution in [0.4, 0.5) is 11.4 Å². The van der Waals surface area contributed by atoms with Gasteiger partial charge in [-0.2, -0.15) is 0 Å². The lowest BCUT2D eigenvalue weighted by molar-refractivity contribution is -0.114. The molecule has 0 radical (unpaired) electrons. The number of halogens is 2. The van der Waals surface area contributed by atoms with Gasteiger partial charge in [0.2, 0.25) is 5.91 Å². The molecule has 0 atom stereocenters. The first-order valence-electron chi connectivity index (χ1n) is 7.86. The average Bonchev–Trinajstić information content (AvgIpc) is 2.64. The molecule has 0 saturated heterocycles. The lowest BCUT2D eigenvalue weighted by Gasteiger charge is -2.10. The molecule has 6 nitrogen and oxygen atoms in total. The average molecular weight is 396 g/mol. The van der Waals surface area contributed by atoms with Crippen molar-refractivity contribution >= 4 is 46.4 Å². The maximum absolute atomic E-state index is 12.0. The topological polar surface area (TPSA) is 79.5 Å². The summed E-state index contributed by atoms with van der Waals surface area (Å²) >= 11 is 11.9. The second-order valence-corrected chi connectivity index (χ2v) is 6.11. The minimum absolute atomic E-state index is 0.0439. The van der Waals surface area contributed by atoms with E-state index in [1.165, 1.54) is 0 Å². The van der Waals surface area contributed by atoms with Crippen molar-refractivity contribution < 1.29 is 14.3 Å². The summed E-state index contributed by atoms with van der Waals surface area (Å²) in [5.41, 5.74) is 1.70. The molecule has 0 bridgehead atoms. The number of hydrogen-bond donors (Lipinski definition) is 3. The number of hydrogen-bond acceptors (Lipinski definition) is 4. The molecule has 0 fully saturated rings. The highest BCUT2D eigenvalue weighted by Crippen LogP contribution is 2.29. The van der Waals surface area contributed by atoms with E-state index < -0.39 is 0 Å². The number of amides is 2. The molecule has 8 heteroatoms. The summed E-state index contributed by atoms with van der Waals surface area (Å²) in [6, 6.07) is 11.8. The standard InChI is InChI=1S/C18H19Cl2N3O3/c1-26-10-9-21-18(25)12-5-7-13(8-6-12)22-11-16(24)23-15-4-2-3-14(19)17(15)20/h2-8,22H,9-11H2,1H3,(H,21,25)(H,23,24). The molecule has 3 N–H and O–H groups in total. The fraction of sp³-hybridized carbons (Fsp3) is 0.222. The second kappa shape index (κ2) is 10.0. The molecule has 26 heavy (non-hydrogen) atoms. The molecule has 2 amide bonds. The van der Waals surface area contributed by atoms with E-state index >= 15 is 0 Å². The maximum Gasteiger partial charge on any atom is 0.251 e. The highest BCUT2D eigenvalue weighted by molar-refractivity contribution is 6.44. The number of carbonyl (C=O) groups is 2. The Morgan fingerprint density at radius 2 is 1.81 bits per heavy atom. The minimum atomic E-state index is -0.268. The van der Waals surface area contributed by atoms with Crippen molar-refractivity contribution in [1.82, 2.24) is 5.32 Å². The number of methoxy groups -OCH3 is 1. The van der Waals surface area contributed by atoms with E-state index in [1.807, 2.05) is 0 Å². The summed E-state index contributed by atoms with van der Waals surface area (Å²) in [5, 5.41) is 9.07. The van der Waals surface area contributed by atoms with Crippen molar-refractivity contribution in [1.29, 1.82) is 0 Å². The Bertz CT molecular complexity index is 767. The van der Waals surface area contributed by atoms with E-state index in [-0.39, 0.29) is 18.4 Å². The Balaban J connectivity index is 1.84. The number of nitrogens with one attached hydrogen (secondary N) is 3. The molecule has 0 aliphatic carbocycles. The molecule has 138 valence electrons. The highest BCUT2D eigenvalue weighted by Gasteiger charge is 2.09. The highest BCUT2D eigenvalue weighted by atomic mass is 35.5. The summed E-state index contributed by atoms with van der Waals surface area (Å²) in [4.78, 5) is 23.9. The monoisotopic (exact) mass is 395 g/mol. The van der Waals surface area contributed by atoms with Crippen LogP contribution in [0.1, 0.15) is 10.4 Å². The van der Waals surface area contributed by atoms with Crippen LogP contribution in [-0.4, -0.2) is 38.6 Å². The van der Waals surface area contributed by atoms with E-state index in [9.17, 15) is 9.59 Å². The van der Waals surface area contributed by atoms with Gasteiger partial charge in [0.1, 0.15) is 0 Å². The summed E-state index contributed by atoms with van der Waals surface area (Å²) in [5.74, 6) is -0.447. The summed E-state index contributed by atoms with van der Waals surface area (Å²) < 4.78 is 4.88. The third kappa shape index (κ3) is 5.91. The molecular formula is C18H19Cl2N3O3. The van der Waals surface area contributed by atoms with E-state index in [0.717, 1.165) is 0 Å². The number of rotatable bonds is 8. The Morgan fingerprint density at radius 3 is 2.50 bits per heavy atom. The first kappa shape index (κ1) is 20.0. The van der Waals surface area contributed by atoms with Gasteiger partial charge in [0, 0.05) is 24.9 Å². The number of anilines is 2. The van der Waals surface area contributed by atoms with Gasteiger partial charge in [0.25, 0.3) is 5.91 Å². The zero-order chi connectivity index (χ0) is 18.9. The molecule has 0 aliphatic heterocycles. The number of benzene rings is 2. The zero-order valence-corrected chi connectivity index (χ0v) is 15.7.